The molecule has 6 heteroatoms. The lowest BCUT2D eigenvalue weighted by molar-refractivity contribution is -0.0790. The highest BCUT2D eigenvalue weighted by molar-refractivity contribution is 5.93. The smallest absolute Gasteiger partial charge is 0.256 e. The van der Waals surface area contributed by atoms with E-state index >= 15 is 0 Å². The fourth-order valence-electron chi connectivity index (χ4n) is 2.72. The largest absolute Gasteiger partial charge is 0.302 e. The second-order valence-corrected chi connectivity index (χ2v) is 5.03. The molecule has 0 unspecified atom stereocenters. The number of pyridine rings is 1. The van der Waals surface area contributed by atoms with Crippen LogP contribution in [-0.2, 0) is 4.84 Å². The fraction of sp³-hybridized carbons (Fsp3) is 0.125. The number of rotatable bonds is 2. The zero-order valence-corrected chi connectivity index (χ0v) is 12.0. The summed E-state index contributed by atoms with van der Waals surface area (Å²) in [6.45, 7) is 0.515. The normalized spacial score (nSPS) is 15.6. The van der Waals surface area contributed by atoms with E-state index in [9.17, 15) is 4.79 Å². The molecular formula is C16H14N4O2. The Morgan fingerprint density at radius 1 is 1.14 bits per heavy atom. The van der Waals surface area contributed by atoms with E-state index in [-0.39, 0.29) is 5.56 Å². The van der Waals surface area contributed by atoms with Crippen molar-refractivity contribution in [1.82, 2.24) is 9.63 Å². The van der Waals surface area contributed by atoms with Crippen molar-refractivity contribution in [3.63, 3.8) is 0 Å². The molecule has 0 bridgehead atoms. The summed E-state index contributed by atoms with van der Waals surface area (Å²) in [5, 5.41) is 1.70. The quantitative estimate of drug-likeness (QED) is 0.850. The van der Waals surface area contributed by atoms with Crippen molar-refractivity contribution in [3.8, 4) is 5.69 Å². The molecule has 2 aliphatic rings. The minimum Gasteiger partial charge on any atom is -0.302 e. The zero-order chi connectivity index (χ0) is 15.1. The summed E-state index contributed by atoms with van der Waals surface area (Å²) in [6, 6.07) is 12.9. The van der Waals surface area contributed by atoms with Gasteiger partial charge in [0.25, 0.3) is 5.56 Å². The predicted octanol–water partition coefficient (Wildman–Crippen LogP) is 2.04. The van der Waals surface area contributed by atoms with Crippen molar-refractivity contribution in [3.05, 3.63) is 64.7 Å². The molecule has 0 fully saturated rings. The van der Waals surface area contributed by atoms with E-state index in [0.717, 1.165) is 22.9 Å². The maximum Gasteiger partial charge on any atom is 0.256 e. The number of fused-ring (bicyclic) bond motifs is 3. The molecule has 2 aromatic rings. The van der Waals surface area contributed by atoms with Gasteiger partial charge in [-0.1, -0.05) is 18.2 Å². The number of hydroxylamine groups is 2. The van der Waals surface area contributed by atoms with Gasteiger partial charge in [-0.3, -0.25) is 19.2 Å². The Bertz CT molecular complexity index is 839. The summed E-state index contributed by atoms with van der Waals surface area (Å²) in [7, 11) is 1.61. The van der Waals surface area contributed by atoms with Crippen LogP contribution in [0.2, 0.25) is 0 Å². The van der Waals surface area contributed by atoms with Gasteiger partial charge in [0.15, 0.2) is 0 Å². The Balaban J connectivity index is 1.95. The first kappa shape index (κ1) is 12.8. The molecule has 1 aromatic heterocycles. The monoisotopic (exact) mass is 294 g/mol. The topological polar surface area (TPSA) is 50.1 Å². The second-order valence-electron chi connectivity index (χ2n) is 5.03. The van der Waals surface area contributed by atoms with Crippen molar-refractivity contribution in [2.45, 2.75) is 0 Å². The summed E-state index contributed by atoms with van der Waals surface area (Å²) < 4.78 is 1.68. The average Bonchev–Trinajstić information content (AvgIpc) is 2.99. The van der Waals surface area contributed by atoms with Crippen molar-refractivity contribution < 1.29 is 4.84 Å². The lowest BCUT2D eigenvalue weighted by Crippen LogP contribution is -2.33. The fourth-order valence-corrected chi connectivity index (χ4v) is 2.72. The lowest BCUT2D eigenvalue weighted by Gasteiger charge is -2.28. The van der Waals surface area contributed by atoms with Gasteiger partial charge in [0, 0.05) is 6.07 Å². The van der Waals surface area contributed by atoms with E-state index in [4.69, 9.17) is 4.84 Å². The van der Waals surface area contributed by atoms with Crippen molar-refractivity contribution in [2.24, 2.45) is 4.99 Å². The van der Waals surface area contributed by atoms with Crippen LogP contribution in [0.5, 0.6) is 0 Å². The summed E-state index contributed by atoms with van der Waals surface area (Å²) in [6.07, 6.45) is 3.64. The highest BCUT2D eigenvalue weighted by Crippen LogP contribution is 2.36. The molecule has 0 saturated heterocycles. The van der Waals surface area contributed by atoms with E-state index in [1.807, 2.05) is 41.4 Å². The number of para-hydroxylation sites is 1. The molecule has 0 radical (unpaired) electrons. The molecule has 3 heterocycles. The average molecular weight is 294 g/mol. The second kappa shape index (κ2) is 4.85. The number of aromatic nitrogens is 1. The number of aliphatic imine (C=N–C) groups is 1. The summed E-state index contributed by atoms with van der Waals surface area (Å²) in [5.74, 6) is 0.756. The predicted molar refractivity (Wildman–Crippen MR) is 84.5 cm³/mol. The van der Waals surface area contributed by atoms with Gasteiger partial charge in [-0.15, -0.1) is 0 Å². The SMILES string of the molecule is CON1C=C2C=Nc3ccc(=O)n(-c4ccccc4)c3N2C1. The van der Waals surface area contributed by atoms with Crippen LogP contribution in [0.15, 0.2) is 64.1 Å². The minimum absolute atomic E-state index is 0.0859. The first-order valence-electron chi connectivity index (χ1n) is 6.93. The molecule has 0 N–H and O–H groups in total. The Kier molecular flexibility index (Phi) is 2.83. The van der Waals surface area contributed by atoms with E-state index < -0.39 is 0 Å². The first-order chi connectivity index (χ1) is 10.8. The first-order valence-corrected chi connectivity index (χ1v) is 6.93. The summed E-state index contributed by atoms with van der Waals surface area (Å²) in [4.78, 5) is 24.2. The van der Waals surface area contributed by atoms with Crippen LogP contribution in [-0.4, -0.2) is 29.6 Å². The van der Waals surface area contributed by atoms with Crippen LogP contribution in [0.3, 0.4) is 0 Å². The van der Waals surface area contributed by atoms with Gasteiger partial charge in [-0.2, -0.15) is 0 Å². The van der Waals surface area contributed by atoms with Crippen LogP contribution in [0.4, 0.5) is 11.5 Å². The highest BCUT2D eigenvalue weighted by atomic mass is 16.7. The molecule has 0 spiro atoms. The molecule has 2 aliphatic heterocycles. The summed E-state index contributed by atoms with van der Waals surface area (Å²) in [5.41, 5.74) is 2.39. The van der Waals surface area contributed by atoms with Crippen LogP contribution in [0.25, 0.3) is 5.69 Å². The minimum atomic E-state index is -0.0859. The summed E-state index contributed by atoms with van der Waals surface area (Å²) >= 11 is 0. The number of hydrogen-bond donors (Lipinski definition) is 0. The number of nitrogens with zero attached hydrogens (tertiary/aromatic N) is 4. The van der Waals surface area contributed by atoms with Crippen LogP contribution in [0, 0.1) is 0 Å². The third kappa shape index (κ3) is 1.85. The Morgan fingerprint density at radius 2 is 1.95 bits per heavy atom. The maximum absolute atomic E-state index is 12.5. The molecule has 0 atom stereocenters. The zero-order valence-electron chi connectivity index (χ0n) is 12.0. The number of benzene rings is 1. The van der Waals surface area contributed by atoms with Gasteiger partial charge in [0.1, 0.15) is 18.2 Å². The number of allylic oxidation sites excluding steroid dienone is 1. The van der Waals surface area contributed by atoms with Crippen LogP contribution in [0.1, 0.15) is 0 Å². The van der Waals surface area contributed by atoms with Gasteiger partial charge < -0.3 is 4.90 Å². The molecule has 0 saturated carbocycles. The van der Waals surface area contributed by atoms with E-state index in [1.54, 1.807) is 35.1 Å². The molecule has 22 heavy (non-hydrogen) atoms. The third-order valence-electron chi connectivity index (χ3n) is 3.75. The molecule has 6 nitrogen and oxygen atoms in total. The van der Waals surface area contributed by atoms with Gasteiger partial charge in [0.2, 0.25) is 0 Å². The Hall–Kier alpha value is -2.86. The van der Waals surface area contributed by atoms with Crippen LogP contribution >= 0.6 is 0 Å². The maximum atomic E-state index is 12.5. The van der Waals surface area contributed by atoms with E-state index in [1.165, 1.54) is 0 Å². The van der Waals surface area contributed by atoms with E-state index in [0.29, 0.717) is 6.67 Å². The molecule has 1 aromatic carbocycles. The highest BCUT2D eigenvalue weighted by Gasteiger charge is 2.29. The standard InChI is InChI=1S/C16H14N4O2/c1-22-18-10-13-9-17-14-7-8-15(21)20(16(14)19(13)11-18)12-5-3-2-4-6-12/h2-10H,11H2,1H3. The molecule has 0 amide bonds. The van der Waals surface area contributed by atoms with Crippen molar-refractivity contribution >= 4 is 17.7 Å². The van der Waals surface area contributed by atoms with Crippen molar-refractivity contribution in [1.29, 1.82) is 0 Å². The number of hydrogen-bond acceptors (Lipinski definition) is 5. The van der Waals surface area contributed by atoms with Crippen LogP contribution < -0.4 is 10.5 Å². The van der Waals surface area contributed by atoms with Crippen molar-refractivity contribution in [2.75, 3.05) is 18.7 Å². The van der Waals surface area contributed by atoms with Gasteiger partial charge in [0.05, 0.1) is 30.9 Å². The molecule has 110 valence electrons. The molecule has 0 aliphatic carbocycles. The lowest BCUT2D eigenvalue weighted by atomic mass is 10.2. The Labute approximate surface area is 127 Å². The number of anilines is 1. The van der Waals surface area contributed by atoms with E-state index in [2.05, 4.69) is 4.99 Å². The van der Waals surface area contributed by atoms with Gasteiger partial charge >= 0.3 is 0 Å². The van der Waals surface area contributed by atoms with Gasteiger partial charge in [-0.25, -0.2) is 5.06 Å². The third-order valence-corrected chi connectivity index (χ3v) is 3.75. The Morgan fingerprint density at radius 3 is 2.73 bits per heavy atom. The van der Waals surface area contributed by atoms with Gasteiger partial charge in [-0.05, 0) is 18.2 Å². The molecule has 4 rings (SSSR count). The molecular weight excluding hydrogens is 280 g/mol.